The van der Waals surface area contributed by atoms with Gasteiger partial charge in [-0.1, -0.05) is 37.8 Å². The Kier molecular flexibility index (Phi) is 3.04. The molecule has 1 fully saturated rings. The molecular formula is C15H19NO. The summed E-state index contributed by atoms with van der Waals surface area (Å²) in [5, 5.41) is 1.23. The lowest BCUT2D eigenvalue weighted by molar-refractivity contribution is 0.281. The first kappa shape index (κ1) is 10.7. The Morgan fingerprint density at radius 1 is 1.18 bits per heavy atom. The fourth-order valence-corrected chi connectivity index (χ4v) is 2.81. The van der Waals surface area contributed by atoms with Gasteiger partial charge in [0.2, 0.25) is 0 Å². The Labute approximate surface area is 102 Å². The lowest BCUT2D eigenvalue weighted by atomic mass is 10.1. The summed E-state index contributed by atoms with van der Waals surface area (Å²) >= 11 is 0. The maximum absolute atomic E-state index is 5.91. The number of fused-ring (bicyclic) bond motifs is 1. The van der Waals surface area contributed by atoms with E-state index in [1.165, 1.54) is 37.5 Å². The Bertz CT molecular complexity index is 482. The van der Waals surface area contributed by atoms with Gasteiger partial charge in [0.1, 0.15) is 5.75 Å². The first-order valence-corrected chi connectivity index (χ1v) is 6.62. The summed E-state index contributed by atoms with van der Waals surface area (Å²) in [5.41, 5.74) is 1.12. The highest BCUT2D eigenvalue weighted by Crippen LogP contribution is 2.28. The Balaban J connectivity index is 1.62. The van der Waals surface area contributed by atoms with Gasteiger partial charge >= 0.3 is 0 Å². The molecule has 0 bridgehead atoms. The molecule has 2 heteroatoms. The summed E-state index contributed by atoms with van der Waals surface area (Å²) in [7, 11) is 0. The van der Waals surface area contributed by atoms with Crippen LogP contribution < -0.4 is 4.74 Å². The summed E-state index contributed by atoms with van der Waals surface area (Å²) < 4.78 is 5.91. The molecule has 0 spiro atoms. The molecular weight excluding hydrogens is 210 g/mol. The van der Waals surface area contributed by atoms with Gasteiger partial charge in [0.15, 0.2) is 0 Å². The Morgan fingerprint density at radius 3 is 2.94 bits per heavy atom. The fourth-order valence-electron chi connectivity index (χ4n) is 2.81. The number of ether oxygens (including phenoxy) is 1. The van der Waals surface area contributed by atoms with E-state index in [0.29, 0.717) is 0 Å². The van der Waals surface area contributed by atoms with E-state index in [0.717, 1.165) is 23.8 Å². The van der Waals surface area contributed by atoms with Gasteiger partial charge in [0, 0.05) is 11.6 Å². The van der Waals surface area contributed by atoms with Gasteiger partial charge < -0.3 is 9.72 Å². The zero-order chi connectivity index (χ0) is 11.5. The lowest BCUT2D eigenvalue weighted by Gasteiger charge is -2.11. The minimum atomic E-state index is 0.850. The van der Waals surface area contributed by atoms with Crippen molar-refractivity contribution in [2.24, 2.45) is 5.92 Å². The van der Waals surface area contributed by atoms with Crippen LogP contribution in [-0.2, 0) is 0 Å². The third-order valence-corrected chi connectivity index (χ3v) is 3.81. The first-order valence-electron chi connectivity index (χ1n) is 6.62. The molecule has 1 aliphatic rings. The highest BCUT2D eigenvalue weighted by Gasteiger charge is 2.14. The number of para-hydroxylation sites is 1. The topological polar surface area (TPSA) is 25.0 Å². The number of H-pyrrole nitrogens is 1. The lowest BCUT2D eigenvalue weighted by Crippen LogP contribution is -2.04. The molecule has 2 aromatic rings. The van der Waals surface area contributed by atoms with Crippen molar-refractivity contribution in [3.63, 3.8) is 0 Å². The van der Waals surface area contributed by atoms with Crippen molar-refractivity contribution in [2.75, 3.05) is 6.61 Å². The monoisotopic (exact) mass is 229 g/mol. The maximum atomic E-state index is 5.91. The first-order chi connectivity index (χ1) is 8.43. The van der Waals surface area contributed by atoms with Gasteiger partial charge in [0.05, 0.1) is 12.1 Å². The standard InChI is InChI=1S/C15H19NO/c1-2-5-12(4-1)9-11-17-14-7-3-6-13-8-10-16-15(13)14/h3,6-8,10,12,16H,1-2,4-5,9,11H2. The van der Waals surface area contributed by atoms with Crippen molar-refractivity contribution in [2.45, 2.75) is 32.1 Å². The number of nitrogens with one attached hydrogen (secondary N) is 1. The second kappa shape index (κ2) is 4.82. The van der Waals surface area contributed by atoms with Crippen molar-refractivity contribution in [3.05, 3.63) is 30.5 Å². The van der Waals surface area contributed by atoms with E-state index in [2.05, 4.69) is 23.2 Å². The zero-order valence-corrected chi connectivity index (χ0v) is 10.1. The molecule has 0 saturated heterocycles. The quantitative estimate of drug-likeness (QED) is 0.837. The van der Waals surface area contributed by atoms with Crippen LogP contribution in [0.25, 0.3) is 10.9 Å². The molecule has 0 atom stereocenters. The van der Waals surface area contributed by atoms with Crippen LogP contribution in [0.2, 0.25) is 0 Å². The Morgan fingerprint density at radius 2 is 2.06 bits per heavy atom. The summed E-state index contributed by atoms with van der Waals surface area (Å²) in [6, 6.07) is 8.30. The molecule has 17 heavy (non-hydrogen) atoms. The van der Waals surface area contributed by atoms with Gasteiger partial charge in [-0.05, 0) is 24.5 Å². The molecule has 90 valence electrons. The Hall–Kier alpha value is -1.44. The molecule has 0 unspecified atom stereocenters. The van der Waals surface area contributed by atoms with E-state index in [-0.39, 0.29) is 0 Å². The summed E-state index contributed by atoms with van der Waals surface area (Å²) in [4.78, 5) is 3.24. The van der Waals surface area contributed by atoms with Gasteiger partial charge in [-0.25, -0.2) is 0 Å². The molecule has 0 amide bonds. The number of hydrogen-bond acceptors (Lipinski definition) is 1. The van der Waals surface area contributed by atoms with E-state index in [1.54, 1.807) is 0 Å². The molecule has 1 aliphatic carbocycles. The molecule has 1 heterocycles. The number of hydrogen-bond donors (Lipinski definition) is 1. The van der Waals surface area contributed by atoms with Gasteiger partial charge in [-0.2, -0.15) is 0 Å². The predicted octanol–water partition coefficient (Wildman–Crippen LogP) is 4.13. The molecule has 3 rings (SSSR count). The normalized spacial score (nSPS) is 16.7. The molecule has 1 N–H and O–H groups in total. The van der Waals surface area contributed by atoms with Crippen LogP contribution in [0.5, 0.6) is 5.75 Å². The fraction of sp³-hybridized carbons (Fsp3) is 0.467. The van der Waals surface area contributed by atoms with Crippen LogP contribution >= 0.6 is 0 Å². The molecule has 1 saturated carbocycles. The van der Waals surface area contributed by atoms with Crippen LogP contribution in [-0.4, -0.2) is 11.6 Å². The number of benzene rings is 1. The minimum Gasteiger partial charge on any atom is -0.491 e. The average Bonchev–Trinajstić information content (AvgIpc) is 2.99. The smallest absolute Gasteiger partial charge is 0.143 e. The highest BCUT2D eigenvalue weighted by atomic mass is 16.5. The van der Waals surface area contributed by atoms with E-state index in [9.17, 15) is 0 Å². The summed E-state index contributed by atoms with van der Waals surface area (Å²) in [5.74, 6) is 1.89. The van der Waals surface area contributed by atoms with Crippen LogP contribution in [0, 0.1) is 5.92 Å². The maximum Gasteiger partial charge on any atom is 0.143 e. The van der Waals surface area contributed by atoms with E-state index in [1.807, 2.05) is 12.3 Å². The molecule has 1 aromatic heterocycles. The van der Waals surface area contributed by atoms with Crippen molar-refractivity contribution in [1.82, 2.24) is 4.98 Å². The number of rotatable bonds is 4. The van der Waals surface area contributed by atoms with E-state index in [4.69, 9.17) is 4.74 Å². The van der Waals surface area contributed by atoms with Crippen LogP contribution in [0.3, 0.4) is 0 Å². The van der Waals surface area contributed by atoms with E-state index >= 15 is 0 Å². The predicted molar refractivity (Wildman–Crippen MR) is 70.4 cm³/mol. The molecule has 2 nitrogen and oxygen atoms in total. The van der Waals surface area contributed by atoms with Gasteiger partial charge in [0.25, 0.3) is 0 Å². The molecule has 0 aliphatic heterocycles. The van der Waals surface area contributed by atoms with Gasteiger partial charge in [-0.15, -0.1) is 0 Å². The van der Waals surface area contributed by atoms with Crippen molar-refractivity contribution < 1.29 is 4.74 Å². The van der Waals surface area contributed by atoms with E-state index < -0.39 is 0 Å². The largest absolute Gasteiger partial charge is 0.491 e. The molecule has 0 radical (unpaired) electrons. The zero-order valence-electron chi connectivity index (χ0n) is 10.1. The summed E-state index contributed by atoms with van der Waals surface area (Å²) in [6.45, 7) is 0.850. The summed E-state index contributed by atoms with van der Waals surface area (Å²) in [6.07, 6.45) is 8.80. The molecule has 1 aromatic carbocycles. The number of aromatic nitrogens is 1. The van der Waals surface area contributed by atoms with Crippen molar-refractivity contribution >= 4 is 10.9 Å². The minimum absolute atomic E-state index is 0.850. The van der Waals surface area contributed by atoms with Crippen LogP contribution in [0.1, 0.15) is 32.1 Å². The van der Waals surface area contributed by atoms with Crippen LogP contribution in [0.15, 0.2) is 30.5 Å². The number of aromatic amines is 1. The van der Waals surface area contributed by atoms with Crippen molar-refractivity contribution in [3.8, 4) is 5.75 Å². The average molecular weight is 229 g/mol. The van der Waals surface area contributed by atoms with Crippen molar-refractivity contribution in [1.29, 1.82) is 0 Å². The highest BCUT2D eigenvalue weighted by molar-refractivity contribution is 5.85. The SMILES string of the molecule is c1cc(OCCC2CCCC2)c2[nH]ccc2c1. The van der Waals surface area contributed by atoms with Gasteiger partial charge in [-0.3, -0.25) is 0 Å². The third kappa shape index (κ3) is 2.31. The second-order valence-electron chi connectivity index (χ2n) is 4.99. The van der Waals surface area contributed by atoms with Crippen LogP contribution in [0.4, 0.5) is 0 Å². The second-order valence-corrected chi connectivity index (χ2v) is 4.99. The third-order valence-electron chi connectivity index (χ3n) is 3.81.